The summed E-state index contributed by atoms with van der Waals surface area (Å²) in [6.45, 7) is 5.77. The minimum absolute atomic E-state index is 0.280. The molecule has 7 heteroatoms. The fraction of sp³-hybridized carbons (Fsp3) is 0.308. The number of carbonyl (C=O) groups is 1. The summed E-state index contributed by atoms with van der Waals surface area (Å²) in [5, 5.41) is 9.00. The molecule has 5 nitrogen and oxygen atoms in total. The quantitative estimate of drug-likeness (QED) is 0.917. The Kier molecular flexibility index (Phi) is 4.10. The predicted octanol–water partition coefficient (Wildman–Crippen LogP) is 2.74. The number of hydrogen-bond donors (Lipinski definition) is 1. The summed E-state index contributed by atoms with van der Waals surface area (Å²) < 4.78 is 2.33. The Hall–Kier alpha value is -1.47. The van der Waals surface area contributed by atoms with Crippen LogP contribution < -0.4 is 5.69 Å². The molecule has 0 saturated carbocycles. The monoisotopic (exact) mass is 356 g/mol. The molecular formula is C13H13BrN2O3S. The van der Waals surface area contributed by atoms with Gasteiger partial charge in [-0.05, 0) is 48.3 Å². The van der Waals surface area contributed by atoms with Crippen LogP contribution in [0.4, 0.5) is 0 Å². The summed E-state index contributed by atoms with van der Waals surface area (Å²) in [5.74, 6) is -0.948. The number of thiophene rings is 1. The van der Waals surface area contributed by atoms with Crippen LogP contribution in [-0.4, -0.2) is 20.6 Å². The molecule has 1 N–H and O–H groups in total. The molecule has 2 aromatic heterocycles. The van der Waals surface area contributed by atoms with Crippen LogP contribution >= 0.6 is 27.3 Å². The second-order valence-corrected chi connectivity index (χ2v) is 6.51. The van der Waals surface area contributed by atoms with E-state index < -0.39 is 5.97 Å². The zero-order chi connectivity index (χ0) is 15.0. The highest BCUT2D eigenvalue weighted by molar-refractivity contribution is 9.10. The molecule has 2 aromatic rings. The first-order valence-electron chi connectivity index (χ1n) is 5.87. The lowest BCUT2D eigenvalue weighted by Gasteiger charge is -2.11. The molecule has 0 aromatic carbocycles. The van der Waals surface area contributed by atoms with Crippen molar-refractivity contribution in [3.05, 3.63) is 47.7 Å². The van der Waals surface area contributed by atoms with E-state index in [1.165, 1.54) is 15.9 Å². The van der Waals surface area contributed by atoms with Gasteiger partial charge in [0.25, 0.3) is 0 Å². The molecule has 0 radical (unpaired) electrons. The molecule has 0 aliphatic rings. The summed E-state index contributed by atoms with van der Waals surface area (Å²) in [5.41, 5.74) is 1.93. The average molecular weight is 357 g/mol. The van der Waals surface area contributed by atoms with Crippen molar-refractivity contribution in [2.75, 3.05) is 0 Å². The summed E-state index contributed by atoms with van der Waals surface area (Å²) in [4.78, 5) is 28.1. The van der Waals surface area contributed by atoms with Crippen molar-refractivity contribution in [3.63, 3.8) is 0 Å². The maximum absolute atomic E-state index is 12.0. The smallest absolute Gasteiger partial charge is 0.348 e. The maximum atomic E-state index is 12.0. The van der Waals surface area contributed by atoms with Gasteiger partial charge in [0.2, 0.25) is 0 Å². The molecule has 0 unspecified atom stereocenters. The normalized spacial score (nSPS) is 10.8. The Morgan fingerprint density at radius 3 is 2.65 bits per heavy atom. The van der Waals surface area contributed by atoms with E-state index in [1.807, 2.05) is 13.8 Å². The molecule has 2 heterocycles. The van der Waals surface area contributed by atoms with Crippen molar-refractivity contribution >= 4 is 33.2 Å². The van der Waals surface area contributed by atoms with Gasteiger partial charge < -0.3 is 5.11 Å². The van der Waals surface area contributed by atoms with E-state index in [2.05, 4.69) is 20.9 Å². The Morgan fingerprint density at radius 1 is 1.45 bits per heavy atom. The van der Waals surface area contributed by atoms with Crippen LogP contribution in [-0.2, 0) is 6.54 Å². The van der Waals surface area contributed by atoms with Gasteiger partial charge in [-0.2, -0.15) is 4.98 Å². The molecule has 0 saturated heterocycles. The molecule has 0 aliphatic heterocycles. The highest BCUT2D eigenvalue weighted by Crippen LogP contribution is 2.24. The van der Waals surface area contributed by atoms with Gasteiger partial charge in [0.05, 0.1) is 16.7 Å². The zero-order valence-corrected chi connectivity index (χ0v) is 13.6. The number of nitrogens with zero attached hydrogens (tertiary/aromatic N) is 2. The van der Waals surface area contributed by atoms with Gasteiger partial charge in [0.15, 0.2) is 0 Å². The van der Waals surface area contributed by atoms with Crippen LogP contribution in [0.1, 0.15) is 31.5 Å². The molecule has 0 fully saturated rings. The van der Waals surface area contributed by atoms with Gasteiger partial charge >= 0.3 is 11.7 Å². The molecule has 0 spiro atoms. The number of aromatic nitrogens is 2. The third kappa shape index (κ3) is 2.69. The number of hydrogen-bond acceptors (Lipinski definition) is 4. The van der Waals surface area contributed by atoms with Gasteiger partial charge in [-0.25, -0.2) is 9.59 Å². The van der Waals surface area contributed by atoms with E-state index >= 15 is 0 Å². The summed E-state index contributed by atoms with van der Waals surface area (Å²) >= 11 is 4.62. The fourth-order valence-corrected chi connectivity index (χ4v) is 3.09. The number of halogens is 1. The van der Waals surface area contributed by atoms with Crippen LogP contribution in [0.2, 0.25) is 0 Å². The van der Waals surface area contributed by atoms with Crippen molar-refractivity contribution < 1.29 is 9.90 Å². The molecular weight excluding hydrogens is 344 g/mol. The molecule has 2 rings (SSSR count). The van der Waals surface area contributed by atoms with Crippen LogP contribution in [0.25, 0.3) is 0 Å². The second kappa shape index (κ2) is 5.49. The summed E-state index contributed by atoms with van der Waals surface area (Å²) in [6.07, 6.45) is 0. The number of aromatic carboxylic acids is 1. The maximum Gasteiger partial charge on any atom is 0.348 e. The zero-order valence-electron chi connectivity index (χ0n) is 11.2. The Morgan fingerprint density at radius 2 is 2.10 bits per heavy atom. The standard InChI is InChI=1S/C13H13BrN2O3S/c1-6-11(14)7(2)16(13(19)15-6)5-9-4-10(12(17)18)20-8(9)3/h4H,5H2,1-3H3,(H,17,18). The first-order valence-corrected chi connectivity index (χ1v) is 7.48. The predicted molar refractivity (Wildman–Crippen MR) is 80.8 cm³/mol. The van der Waals surface area contributed by atoms with Crippen LogP contribution in [0, 0.1) is 20.8 Å². The molecule has 0 aliphatic carbocycles. The van der Waals surface area contributed by atoms with Crippen molar-refractivity contribution in [1.29, 1.82) is 0 Å². The van der Waals surface area contributed by atoms with Gasteiger partial charge in [0, 0.05) is 10.6 Å². The Balaban J connectivity index is 2.48. The van der Waals surface area contributed by atoms with Crippen LogP contribution in [0.5, 0.6) is 0 Å². The number of carboxylic acid groups (broad SMARTS) is 1. The van der Waals surface area contributed by atoms with Crippen LogP contribution in [0.15, 0.2) is 15.3 Å². The van der Waals surface area contributed by atoms with Crippen molar-refractivity contribution in [1.82, 2.24) is 9.55 Å². The number of carboxylic acids is 1. The third-order valence-electron chi connectivity index (χ3n) is 3.09. The topological polar surface area (TPSA) is 72.2 Å². The van der Waals surface area contributed by atoms with Crippen LogP contribution in [0.3, 0.4) is 0 Å². The molecule has 20 heavy (non-hydrogen) atoms. The molecule has 0 amide bonds. The number of aryl methyl sites for hydroxylation is 2. The van der Waals surface area contributed by atoms with Crippen molar-refractivity contribution in [2.24, 2.45) is 0 Å². The summed E-state index contributed by atoms with van der Waals surface area (Å²) in [7, 11) is 0. The first-order chi connectivity index (χ1) is 9.31. The van der Waals surface area contributed by atoms with Gasteiger partial charge in [-0.1, -0.05) is 0 Å². The Bertz CT molecular complexity index is 749. The number of rotatable bonds is 3. The third-order valence-corrected chi connectivity index (χ3v) is 5.32. The van der Waals surface area contributed by atoms with Gasteiger partial charge in [-0.3, -0.25) is 4.57 Å². The lowest BCUT2D eigenvalue weighted by atomic mass is 10.2. The van der Waals surface area contributed by atoms with Gasteiger partial charge in [0.1, 0.15) is 4.88 Å². The van der Waals surface area contributed by atoms with Crippen molar-refractivity contribution in [2.45, 2.75) is 27.3 Å². The molecule has 0 atom stereocenters. The van der Waals surface area contributed by atoms with E-state index in [4.69, 9.17) is 5.11 Å². The average Bonchev–Trinajstić information content (AvgIpc) is 2.74. The minimum Gasteiger partial charge on any atom is -0.477 e. The fourth-order valence-electron chi connectivity index (χ4n) is 1.92. The first kappa shape index (κ1) is 14.9. The van der Waals surface area contributed by atoms with E-state index in [-0.39, 0.29) is 10.6 Å². The Labute approximate surface area is 128 Å². The van der Waals surface area contributed by atoms with E-state index in [0.29, 0.717) is 12.2 Å². The highest BCUT2D eigenvalue weighted by Gasteiger charge is 2.14. The van der Waals surface area contributed by atoms with E-state index in [1.54, 1.807) is 13.0 Å². The molecule has 0 bridgehead atoms. The largest absolute Gasteiger partial charge is 0.477 e. The van der Waals surface area contributed by atoms with Crippen molar-refractivity contribution in [3.8, 4) is 0 Å². The van der Waals surface area contributed by atoms with Gasteiger partial charge in [-0.15, -0.1) is 11.3 Å². The van der Waals surface area contributed by atoms with E-state index in [0.717, 1.165) is 20.6 Å². The lowest BCUT2D eigenvalue weighted by Crippen LogP contribution is -2.27. The second-order valence-electron chi connectivity index (χ2n) is 4.46. The minimum atomic E-state index is -0.948. The van der Waals surface area contributed by atoms with E-state index in [9.17, 15) is 9.59 Å². The highest BCUT2D eigenvalue weighted by atomic mass is 79.9. The summed E-state index contributed by atoms with van der Waals surface area (Å²) in [6, 6.07) is 1.61. The lowest BCUT2D eigenvalue weighted by molar-refractivity contribution is 0.0702. The molecule has 106 valence electrons. The SMILES string of the molecule is Cc1nc(=O)n(Cc2cc(C(=O)O)sc2C)c(C)c1Br.